The van der Waals surface area contributed by atoms with Crippen LogP contribution in [0.2, 0.25) is 0 Å². The molecule has 0 fully saturated rings. The summed E-state index contributed by atoms with van der Waals surface area (Å²) in [5.74, 6) is -0.455. The number of hydrogen-bond acceptors (Lipinski definition) is 6. The van der Waals surface area contributed by atoms with E-state index in [0.717, 1.165) is 25.9 Å². The Balaban J connectivity index is 1.74. The van der Waals surface area contributed by atoms with Gasteiger partial charge < -0.3 is 0 Å². The van der Waals surface area contributed by atoms with Gasteiger partial charge in [0.05, 0.1) is 15.6 Å². The normalized spacial score (nSPS) is 11.3. The van der Waals surface area contributed by atoms with Crippen LogP contribution in [-0.2, 0) is 14.1 Å². The lowest BCUT2D eigenvalue weighted by Crippen LogP contribution is -2.37. The Bertz CT molecular complexity index is 1400. The maximum absolute atomic E-state index is 12.7. The molecule has 0 unspecified atom stereocenters. The fourth-order valence-electron chi connectivity index (χ4n) is 3.17. The summed E-state index contributed by atoms with van der Waals surface area (Å²) < 4.78 is 3.25. The Labute approximate surface area is 163 Å². The first-order valence-corrected chi connectivity index (χ1v) is 9.34. The van der Waals surface area contributed by atoms with Gasteiger partial charge in [-0.15, -0.1) is 0 Å². The molecule has 0 radical (unpaired) electrons. The van der Waals surface area contributed by atoms with Gasteiger partial charge in [-0.25, -0.2) is 14.8 Å². The lowest BCUT2D eigenvalue weighted by Gasteiger charge is -2.08. The predicted octanol–water partition coefficient (Wildman–Crippen LogP) is 2.11. The van der Waals surface area contributed by atoms with Crippen LogP contribution < -0.4 is 16.6 Å². The van der Waals surface area contributed by atoms with E-state index in [1.807, 2.05) is 26.0 Å². The van der Waals surface area contributed by atoms with Crippen LogP contribution in [0.25, 0.3) is 21.3 Å². The minimum Gasteiger partial charge on any atom is -0.296 e. The van der Waals surface area contributed by atoms with Crippen LogP contribution in [0.15, 0.2) is 33.9 Å². The molecular formula is C19H17N5O3S. The topological polar surface area (TPSA) is 98.9 Å². The second kappa shape index (κ2) is 6.38. The number of thiazole rings is 1. The van der Waals surface area contributed by atoms with Crippen LogP contribution in [0, 0.1) is 13.8 Å². The molecule has 0 saturated heterocycles. The van der Waals surface area contributed by atoms with Crippen molar-refractivity contribution in [2.24, 2.45) is 14.1 Å². The molecule has 8 nitrogen and oxygen atoms in total. The summed E-state index contributed by atoms with van der Waals surface area (Å²) in [5, 5.41) is 3.49. The fourth-order valence-corrected chi connectivity index (χ4v) is 4.20. The Morgan fingerprint density at radius 2 is 1.82 bits per heavy atom. The zero-order chi connectivity index (χ0) is 20.2. The van der Waals surface area contributed by atoms with Gasteiger partial charge in [0.1, 0.15) is 11.3 Å². The largest absolute Gasteiger partial charge is 0.332 e. The molecule has 4 rings (SSSR count). The van der Waals surface area contributed by atoms with Crippen LogP contribution >= 0.6 is 11.3 Å². The minimum absolute atomic E-state index is 0.0999. The summed E-state index contributed by atoms with van der Waals surface area (Å²) in [5.41, 5.74) is 2.34. The zero-order valence-electron chi connectivity index (χ0n) is 15.7. The molecule has 9 heteroatoms. The van der Waals surface area contributed by atoms with Gasteiger partial charge in [0, 0.05) is 14.1 Å². The molecule has 0 aliphatic rings. The summed E-state index contributed by atoms with van der Waals surface area (Å²) in [4.78, 5) is 45.7. The van der Waals surface area contributed by atoms with Gasteiger partial charge in [-0.1, -0.05) is 17.4 Å². The van der Waals surface area contributed by atoms with Crippen molar-refractivity contribution in [2.75, 3.05) is 5.32 Å². The highest BCUT2D eigenvalue weighted by Crippen LogP contribution is 2.29. The second-order valence-corrected chi connectivity index (χ2v) is 7.71. The molecule has 0 spiro atoms. The molecule has 0 aliphatic carbocycles. The third-order valence-corrected chi connectivity index (χ3v) is 5.50. The van der Waals surface area contributed by atoms with Crippen LogP contribution in [-0.4, -0.2) is 25.0 Å². The molecule has 1 amide bonds. The first kappa shape index (κ1) is 18.1. The molecule has 1 aromatic carbocycles. The number of fused-ring (bicyclic) bond motifs is 2. The molecule has 0 aliphatic heterocycles. The van der Waals surface area contributed by atoms with Crippen molar-refractivity contribution in [3.05, 3.63) is 61.9 Å². The Kier molecular flexibility index (Phi) is 4.11. The van der Waals surface area contributed by atoms with Gasteiger partial charge >= 0.3 is 5.69 Å². The summed E-state index contributed by atoms with van der Waals surface area (Å²) in [6, 6.07) is 7.03. The SMILES string of the molecule is Cc1cc(C)c2nc(NC(=O)c3ccc4c(=O)n(C)c(=O)n(C)c4n3)sc2c1. The number of nitrogens with one attached hydrogen (secondary N) is 1. The average Bonchev–Trinajstić information content (AvgIpc) is 3.06. The van der Waals surface area contributed by atoms with Gasteiger partial charge in [-0.2, -0.15) is 0 Å². The molecular weight excluding hydrogens is 378 g/mol. The van der Waals surface area contributed by atoms with Crippen molar-refractivity contribution in [2.45, 2.75) is 13.8 Å². The standard InChI is InChI=1S/C19H17N5O3S/c1-9-7-10(2)14-13(8-9)28-18(21-14)22-16(25)12-6-5-11-15(20-12)23(3)19(27)24(4)17(11)26/h5-8H,1-4H3,(H,21,22,25). The van der Waals surface area contributed by atoms with Crippen LogP contribution in [0.4, 0.5) is 5.13 Å². The lowest BCUT2D eigenvalue weighted by atomic mass is 10.1. The Morgan fingerprint density at radius 3 is 2.57 bits per heavy atom. The zero-order valence-corrected chi connectivity index (χ0v) is 16.5. The molecule has 0 atom stereocenters. The van der Waals surface area contributed by atoms with Crippen molar-refractivity contribution >= 4 is 43.6 Å². The van der Waals surface area contributed by atoms with Crippen LogP contribution in [0.3, 0.4) is 0 Å². The summed E-state index contributed by atoms with van der Waals surface area (Å²) >= 11 is 1.38. The summed E-state index contributed by atoms with van der Waals surface area (Å²) in [6.45, 7) is 3.99. The quantitative estimate of drug-likeness (QED) is 0.560. The van der Waals surface area contributed by atoms with Gasteiger partial charge in [0.2, 0.25) is 0 Å². The number of rotatable bonds is 2. The van der Waals surface area contributed by atoms with E-state index in [1.165, 1.54) is 42.1 Å². The van der Waals surface area contributed by atoms with Crippen molar-refractivity contribution < 1.29 is 4.79 Å². The number of hydrogen-bond donors (Lipinski definition) is 1. The number of aromatic nitrogens is 4. The highest BCUT2D eigenvalue weighted by molar-refractivity contribution is 7.22. The smallest absolute Gasteiger partial charge is 0.296 e. The van der Waals surface area contributed by atoms with Crippen LogP contribution in [0.5, 0.6) is 0 Å². The number of carbonyl (C=O) groups is 1. The minimum atomic E-state index is -0.500. The number of aryl methyl sites for hydroxylation is 3. The molecule has 142 valence electrons. The van der Waals surface area contributed by atoms with E-state index >= 15 is 0 Å². The highest BCUT2D eigenvalue weighted by atomic mass is 32.1. The van der Waals surface area contributed by atoms with Crippen molar-refractivity contribution in [1.29, 1.82) is 0 Å². The molecule has 0 bridgehead atoms. The Hall–Kier alpha value is -3.33. The van der Waals surface area contributed by atoms with Gasteiger partial charge in [0.25, 0.3) is 11.5 Å². The van der Waals surface area contributed by atoms with Crippen LogP contribution in [0.1, 0.15) is 21.6 Å². The number of anilines is 1. The molecule has 3 aromatic heterocycles. The van der Waals surface area contributed by atoms with Crippen molar-refractivity contribution in [3.8, 4) is 0 Å². The van der Waals surface area contributed by atoms with E-state index in [2.05, 4.69) is 15.3 Å². The molecule has 1 N–H and O–H groups in total. The third kappa shape index (κ3) is 2.80. The van der Waals surface area contributed by atoms with Gasteiger partial charge in [-0.05, 0) is 43.2 Å². The molecule has 28 heavy (non-hydrogen) atoms. The average molecular weight is 395 g/mol. The van der Waals surface area contributed by atoms with Crippen molar-refractivity contribution in [1.82, 2.24) is 19.1 Å². The summed E-state index contributed by atoms with van der Waals surface area (Å²) in [6.07, 6.45) is 0. The highest BCUT2D eigenvalue weighted by Gasteiger charge is 2.16. The number of benzene rings is 1. The predicted molar refractivity (Wildman–Crippen MR) is 109 cm³/mol. The van der Waals surface area contributed by atoms with Crippen molar-refractivity contribution in [3.63, 3.8) is 0 Å². The second-order valence-electron chi connectivity index (χ2n) is 6.68. The van der Waals surface area contributed by atoms with E-state index in [9.17, 15) is 14.4 Å². The van der Waals surface area contributed by atoms with E-state index < -0.39 is 17.2 Å². The molecule has 0 saturated carbocycles. The lowest BCUT2D eigenvalue weighted by molar-refractivity contribution is 0.102. The third-order valence-electron chi connectivity index (χ3n) is 4.58. The van der Waals surface area contributed by atoms with E-state index in [0.29, 0.717) is 5.13 Å². The number of carbonyl (C=O) groups excluding carboxylic acids is 1. The van der Waals surface area contributed by atoms with E-state index in [-0.39, 0.29) is 16.7 Å². The maximum Gasteiger partial charge on any atom is 0.332 e. The Morgan fingerprint density at radius 1 is 1.07 bits per heavy atom. The fraction of sp³-hybridized carbons (Fsp3) is 0.211. The molecule has 3 heterocycles. The van der Waals surface area contributed by atoms with E-state index in [4.69, 9.17) is 0 Å². The summed E-state index contributed by atoms with van der Waals surface area (Å²) in [7, 11) is 2.92. The van der Waals surface area contributed by atoms with E-state index in [1.54, 1.807) is 0 Å². The first-order chi connectivity index (χ1) is 13.3. The number of nitrogens with zero attached hydrogens (tertiary/aromatic N) is 4. The van der Waals surface area contributed by atoms with Gasteiger partial charge in [-0.3, -0.25) is 24.0 Å². The first-order valence-electron chi connectivity index (χ1n) is 8.52. The number of pyridine rings is 1. The maximum atomic E-state index is 12.7. The monoisotopic (exact) mass is 395 g/mol. The molecule has 4 aromatic rings. The van der Waals surface area contributed by atoms with Gasteiger partial charge in [0.15, 0.2) is 5.13 Å². The number of amides is 1.